The zero-order valence-corrected chi connectivity index (χ0v) is 16.1. The minimum Gasteiger partial charge on any atom is -0.381 e. The largest absolute Gasteiger partial charge is 0.381 e. The number of hydrogen-bond acceptors (Lipinski definition) is 3. The van der Waals surface area contributed by atoms with Crippen molar-refractivity contribution < 1.29 is 14.0 Å². The number of ketones is 1. The molecule has 1 saturated heterocycles. The minimum absolute atomic E-state index is 0.0222. The fourth-order valence-corrected chi connectivity index (χ4v) is 4.30. The third-order valence-electron chi connectivity index (χ3n) is 5.96. The molecule has 5 heteroatoms. The van der Waals surface area contributed by atoms with Crippen LogP contribution >= 0.6 is 0 Å². The summed E-state index contributed by atoms with van der Waals surface area (Å²) in [4.78, 5) is 26.9. The third kappa shape index (κ3) is 3.66. The zero-order chi connectivity index (χ0) is 19.7. The molecule has 0 bridgehead atoms. The number of anilines is 1. The van der Waals surface area contributed by atoms with E-state index in [0.29, 0.717) is 30.6 Å². The van der Waals surface area contributed by atoms with Crippen molar-refractivity contribution in [2.45, 2.75) is 44.6 Å². The predicted octanol–water partition coefficient (Wildman–Crippen LogP) is 4.16. The topological polar surface area (TPSA) is 49.4 Å². The predicted molar refractivity (Wildman–Crippen MR) is 107 cm³/mol. The van der Waals surface area contributed by atoms with Crippen LogP contribution in [0, 0.1) is 5.82 Å². The number of likely N-dealkylation sites (tertiary alicyclic amines) is 1. The first-order valence-electron chi connectivity index (χ1n) is 10.0. The lowest BCUT2D eigenvalue weighted by Gasteiger charge is -2.35. The number of nitrogens with zero attached hydrogens (tertiary/aromatic N) is 1. The van der Waals surface area contributed by atoms with Gasteiger partial charge < -0.3 is 10.2 Å². The van der Waals surface area contributed by atoms with Crippen molar-refractivity contribution in [2.75, 3.05) is 18.4 Å². The van der Waals surface area contributed by atoms with Crippen molar-refractivity contribution >= 4 is 17.4 Å². The smallest absolute Gasteiger partial charge is 0.223 e. The molecule has 0 aromatic heterocycles. The molecule has 2 aromatic rings. The Morgan fingerprint density at radius 2 is 1.93 bits per heavy atom. The highest BCUT2D eigenvalue weighted by Crippen LogP contribution is 2.40. The molecule has 4 rings (SSSR count). The van der Waals surface area contributed by atoms with E-state index in [9.17, 15) is 14.0 Å². The summed E-state index contributed by atoms with van der Waals surface area (Å²) >= 11 is 0. The highest BCUT2D eigenvalue weighted by molar-refractivity contribution is 5.97. The Morgan fingerprint density at radius 3 is 2.68 bits per heavy atom. The molecule has 4 nitrogen and oxygen atoms in total. The number of hydrogen-bond donors (Lipinski definition) is 1. The molecule has 0 spiro atoms. The summed E-state index contributed by atoms with van der Waals surface area (Å²) in [5.41, 5.74) is 4.26. The van der Waals surface area contributed by atoms with E-state index in [4.69, 9.17) is 0 Å². The Balaban J connectivity index is 1.38. The fraction of sp³-hybridized carbons (Fsp3) is 0.391. The average molecular weight is 380 g/mol. The molecule has 2 aromatic carbocycles. The number of carbonyl (C=O) groups excluding carboxylic acids is 2. The number of Topliss-reactive ketones (excluding diaryl/α,β-unsaturated/α-hetero) is 1. The first-order chi connectivity index (χ1) is 13.5. The van der Waals surface area contributed by atoms with Crippen molar-refractivity contribution in [3.63, 3.8) is 0 Å². The Morgan fingerprint density at radius 1 is 1.14 bits per heavy atom. The number of carbonyl (C=O) groups is 2. The van der Waals surface area contributed by atoms with E-state index in [-0.39, 0.29) is 30.3 Å². The van der Waals surface area contributed by atoms with Crippen molar-refractivity contribution in [3.8, 4) is 0 Å². The SMILES string of the molecule is CCc1ccc2c(c1)C1CN(C(=O)CCC(=O)c3ccc(F)cc3)CCC1N2. The Hall–Kier alpha value is -2.69. The standard InChI is InChI=1S/C23H25FN2O2/c1-2-15-3-8-20-18(13-15)19-14-26(12-11-21(19)25-20)23(28)10-9-22(27)16-4-6-17(24)7-5-16/h3-8,13,19,21,25H,2,9-12,14H2,1H3. The molecule has 2 atom stereocenters. The number of halogens is 1. The molecule has 1 amide bonds. The van der Waals surface area contributed by atoms with Crippen molar-refractivity contribution in [1.29, 1.82) is 0 Å². The van der Waals surface area contributed by atoms with E-state index in [2.05, 4.69) is 30.4 Å². The summed E-state index contributed by atoms with van der Waals surface area (Å²) in [7, 11) is 0. The second kappa shape index (κ2) is 7.74. The van der Waals surface area contributed by atoms with E-state index in [1.54, 1.807) is 0 Å². The van der Waals surface area contributed by atoms with Gasteiger partial charge in [0.1, 0.15) is 5.82 Å². The van der Waals surface area contributed by atoms with Gasteiger partial charge in [-0.2, -0.15) is 0 Å². The van der Waals surface area contributed by atoms with Crippen LogP contribution in [0.2, 0.25) is 0 Å². The first-order valence-corrected chi connectivity index (χ1v) is 10.0. The van der Waals surface area contributed by atoms with Gasteiger partial charge in [0.2, 0.25) is 5.91 Å². The highest BCUT2D eigenvalue weighted by atomic mass is 19.1. The van der Waals surface area contributed by atoms with Crippen LogP contribution in [0.15, 0.2) is 42.5 Å². The molecule has 0 saturated carbocycles. The lowest BCUT2D eigenvalue weighted by atomic mass is 9.88. The number of benzene rings is 2. The van der Waals surface area contributed by atoms with Crippen LogP contribution in [0.4, 0.5) is 10.1 Å². The number of aryl methyl sites for hydroxylation is 1. The van der Waals surface area contributed by atoms with Crippen LogP contribution in [-0.2, 0) is 11.2 Å². The monoisotopic (exact) mass is 380 g/mol. The van der Waals surface area contributed by atoms with E-state index in [0.717, 1.165) is 12.8 Å². The van der Waals surface area contributed by atoms with Crippen LogP contribution in [0.5, 0.6) is 0 Å². The van der Waals surface area contributed by atoms with Crippen LogP contribution in [0.1, 0.15) is 53.6 Å². The number of piperidine rings is 1. The van der Waals surface area contributed by atoms with Gasteiger partial charge in [-0.15, -0.1) is 0 Å². The summed E-state index contributed by atoms with van der Waals surface area (Å²) in [5.74, 6) is -0.156. The number of amides is 1. The molecular weight excluding hydrogens is 355 g/mol. The minimum atomic E-state index is -0.368. The Kier molecular flexibility index (Phi) is 5.16. The van der Waals surface area contributed by atoms with Gasteiger partial charge in [-0.3, -0.25) is 9.59 Å². The number of nitrogens with one attached hydrogen (secondary N) is 1. The van der Waals surface area contributed by atoms with Gasteiger partial charge in [0, 0.05) is 49.1 Å². The van der Waals surface area contributed by atoms with Crippen molar-refractivity contribution in [1.82, 2.24) is 4.90 Å². The third-order valence-corrected chi connectivity index (χ3v) is 5.96. The maximum absolute atomic E-state index is 13.0. The summed E-state index contributed by atoms with van der Waals surface area (Å²) in [6.07, 6.45) is 2.27. The molecule has 1 N–H and O–H groups in total. The van der Waals surface area contributed by atoms with Gasteiger partial charge >= 0.3 is 0 Å². The molecule has 28 heavy (non-hydrogen) atoms. The first kappa shape index (κ1) is 18.7. The Bertz CT molecular complexity index is 894. The highest BCUT2D eigenvalue weighted by Gasteiger charge is 2.38. The second-order valence-electron chi connectivity index (χ2n) is 7.69. The molecule has 0 aliphatic carbocycles. The maximum atomic E-state index is 13.0. The van der Waals surface area contributed by atoms with Gasteiger partial charge in [-0.1, -0.05) is 19.1 Å². The fourth-order valence-electron chi connectivity index (χ4n) is 4.30. The molecule has 2 aliphatic rings. The summed E-state index contributed by atoms with van der Waals surface area (Å²) < 4.78 is 13.0. The zero-order valence-electron chi connectivity index (χ0n) is 16.1. The van der Waals surface area contributed by atoms with E-state index >= 15 is 0 Å². The van der Waals surface area contributed by atoms with Crippen molar-refractivity contribution in [2.24, 2.45) is 0 Å². The Labute approximate surface area is 164 Å². The number of fused-ring (bicyclic) bond motifs is 3. The molecule has 1 fully saturated rings. The van der Waals surface area contributed by atoms with Crippen molar-refractivity contribution in [3.05, 3.63) is 65.0 Å². The summed E-state index contributed by atoms with van der Waals surface area (Å²) in [5, 5.41) is 3.60. The van der Waals surface area contributed by atoms with E-state index in [1.807, 2.05) is 4.90 Å². The normalized spacial score (nSPS) is 20.3. The van der Waals surface area contributed by atoms with Gasteiger partial charge in [0.15, 0.2) is 5.78 Å². The molecule has 146 valence electrons. The van der Waals surface area contributed by atoms with Crippen LogP contribution in [0.3, 0.4) is 0 Å². The average Bonchev–Trinajstić information content (AvgIpc) is 3.09. The lowest BCUT2D eigenvalue weighted by Crippen LogP contribution is -2.45. The van der Waals surface area contributed by atoms with Crippen LogP contribution in [-0.4, -0.2) is 35.7 Å². The maximum Gasteiger partial charge on any atom is 0.223 e. The molecular formula is C23H25FN2O2. The molecule has 2 aliphatic heterocycles. The molecule has 0 radical (unpaired) electrons. The number of rotatable bonds is 5. The van der Waals surface area contributed by atoms with E-state index in [1.165, 1.54) is 41.1 Å². The van der Waals surface area contributed by atoms with Gasteiger partial charge in [0.25, 0.3) is 0 Å². The van der Waals surface area contributed by atoms with Crippen LogP contribution in [0.25, 0.3) is 0 Å². The van der Waals surface area contributed by atoms with Gasteiger partial charge in [-0.25, -0.2) is 4.39 Å². The van der Waals surface area contributed by atoms with Gasteiger partial charge in [-0.05, 0) is 54.3 Å². The van der Waals surface area contributed by atoms with Crippen LogP contribution < -0.4 is 5.32 Å². The summed E-state index contributed by atoms with van der Waals surface area (Å²) in [6, 6.07) is 12.4. The molecule has 2 heterocycles. The molecule has 2 unspecified atom stereocenters. The summed E-state index contributed by atoms with van der Waals surface area (Å²) in [6.45, 7) is 3.56. The van der Waals surface area contributed by atoms with E-state index < -0.39 is 0 Å². The van der Waals surface area contributed by atoms with Gasteiger partial charge in [0.05, 0.1) is 0 Å². The second-order valence-corrected chi connectivity index (χ2v) is 7.69. The quantitative estimate of drug-likeness (QED) is 0.793. The lowest BCUT2D eigenvalue weighted by molar-refractivity contribution is -0.132.